The number of carbonyl (C=O) groups excluding carboxylic acids is 3. The molecule has 2 aromatic rings. The van der Waals surface area contributed by atoms with Crippen LogP contribution < -0.4 is 10.2 Å². The van der Waals surface area contributed by atoms with Crippen molar-refractivity contribution in [1.82, 2.24) is 4.90 Å². The highest BCUT2D eigenvalue weighted by Crippen LogP contribution is 2.29. The predicted molar refractivity (Wildman–Crippen MR) is 116 cm³/mol. The molecule has 1 saturated heterocycles. The van der Waals surface area contributed by atoms with Crippen LogP contribution in [-0.4, -0.2) is 48.5 Å². The van der Waals surface area contributed by atoms with Crippen LogP contribution in [0.25, 0.3) is 0 Å². The minimum Gasteiger partial charge on any atom is -0.333 e. The minimum atomic E-state index is -0.896. The summed E-state index contributed by atoms with van der Waals surface area (Å²) in [5, 5.41) is 2.18. The number of benzene rings is 2. The largest absolute Gasteiger partial charge is 0.333 e. The van der Waals surface area contributed by atoms with Crippen molar-refractivity contribution >= 4 is 40.9 Å². The molecule has 1 fully saturated rings. The summed E-state index contributed by atoms with van der Waals surface area (Å²) < 4.78 is 27.5. The van der Waals surface area contributed by atoms with Crippen molar-refractivity contribution in [1.29, 1.82) is 0 Å². The zero-order valence-corrected chi connectivity index (χ0v) is 18.0. The van der Waals surface area contributed by atoms with Gasteiger partial charge in [-0.1, -0.05) is 12.1 Å². The highest BCUT2D eigenvalue weighted by molar-refractivity contribution is 7.98. The first-order valence-electron chi connectivity index (χ1n) is 9.81. The second-order valence-electron chi connectivity index (χ2n) is 7.10. The van der Waals surface area contributed by atoms with Crippen LogP contribution in [0.4, 0.5) is 20.2 Å². The van der Waals surface area contributed by atoms with E-state index < -0.39 is 29.1 Å². The lowest BCUT2D eigenvalue weighted by molar-refractivity contribution is -0.138. The molecule has 0 aliphatic carbocycles. The Labute approximate surface area is 183 Å². The number of amides is 3. The van der Waals surface area contributed by atoms with E-state index >= 15 is 0 Å². The van der Waals surface area contributed by atoms with E-state index in [2.05, 4.69) is 5.32 Å². The van der Waals surface area contributed by atoms with E-state index in [0.29, 0.717) is 0 Å². The van der Waals surface area contributed by atoms with Gasteiger partial charge in [0.25, 0.3) is 0 Å². The Hall–Kier alpha value is -2.94. The van der Waals surface area contributed by atoms with Crippen LogP contribution in [-0.2, 0) is 14.4 Å². The van der Waals surface area contributed by atoms with E-state index in [4.69, 9.17) is 0 Å². The molecule has 1 aliphatic rings. The third-order valence-corrected chi connectivity index (χ3v) is 5.82. The molecule has 6 nitrogen and oxygen atoms in total. The number of nitrogens with one attached hydrogen (secondary N) is 1. The van der Waals surface area contributed by atoms with Crippen LogP contribution in [0.1, 0.15) is 13.3 Å². The van der Waals surface area contributed by atoms with Gasteiger partial charge in [0.05, 0.1) is 12.5 Å². The Bertz CT molecular complexity index is 981. The van der Waals surface area contributed by atoms with Gasteiger partial charge in [-0.2, -0.15) is 0 Å². The van der Waals surface area contributed by atoms with Gasteiger partial charge < -0.3 is 15.1 Å². The molecule has 3 rings (SSSR count). The monoisotopic (exact) mass is 447 g/mol. The summed E-state index contributed by atoms with van der Waals surface area (Å²) in [7, 11) is 0. The second kappa shape index (κ2) is 9.91. The average Bonchev–Trinajstić information content (AvgIpc) is 3.16. The Morgan fingerprint density at radius 3 is 2.52 bits per heavy atom. The number of hydrogen-bond donors (Lipinski definition) is 1. The van der Waals surface area contributed by atoms with E-state index in [1.165, 1.54) is 11.0 Å². The fourth-order valence-corrected chi connectivity index (χ4v) is 3.93. The van der Waals surface area contributed by atoms with Gasteiger partial charge in [-0.15, -0.1) is 11.8 Å². The molecular weight excluding hydrogens is 424 g/mol. The predicted octanol–water partition coefficient (Wildman–Crippen LogP) is 3.53. The van der Waals surface area contributed by atoms with Crippen LogP contribution in [0, 0.1) is 17.6 Å². The van der Waals surface area contributed by atoms with Gasteiger partial charge in [0, 0.05) is 30.1 Å². The van der Waals surface area contributed by atoms with Crippen LogP contribution >= 0.6 is 11.8 Å². The fourth-order valence-electron chi connectivity index (χ4n) is 3.47. The van der Waals surface area contributed by atoms with Gasteiger partial charge in [-0.3, -0.25) is 14.4 Å². The molecule has 1 aliphatic heterocycles. The van der Waals surface area contributed by atoms with E-state index in [1.807, 2.05) is 30.5 Å². The Balaban J connectivity index is 1.66. The molecule has 1 atom stereocenters. The summed E-state index contributed by atoms with van der Waals surface area (Å²) in [6.07, 6.45) is 1.98. The van der Waals surface area contributed by atoms with Crippen LogP contribution in [0.2, 0.25) is 0 Å². The summed E-state index contributed by atoms with van der Waals surface area (Å²) in [5.74, 6) is -3.61. The lowest BCUT2D eigenvalue weighted by atomic mass is 10.1. The second-order valence-corrected chi connectivity index (χ2v) is 7.98. The molecule has 0 saturated carbocycles. The molecule has 1 N–H and O–H groups in total. The molecule has 9 heteroatoms. The first kappa shape index (κ1) is 22.7. The standard InChI is InChI=1S/C22H23F2N3O3S/c1-3-26(13-19(28)25-21-17(23)8-5-9-18(21)24)22(30)14-10-20(29)27(12-14)15-6-4-7-16(11-15)31-2/h4-9,11,14H,3,10,12-13H2,1-2H3,(H,25,28). The smallest absolute Gasteiger partial charge is 0.244 e. The van der Waals surface area contributed by atoms with Crippen molar-refractivity contribution in [2.75, 3.05) is 36.1 Å². The lowest BCUT2D eigenvalue weighted by Gasteiger charge is -2.24. The normalized spacial score (nSPS) is 15.8. The number of carbonyl (C=O) groups is 3. The number of hydrogen-bond acceptors (Lipinski definition) is 4. The van der Waals surface area contributed by atoms with E-state index in [1.54, 1.807) is 23.6 Å². The van der Waals surface area contributed by atoms with Crippen LogP contribution in [0.3, 0.4) is 0 Å². The fraction of sp³-hybridized carbons (Fsp3) is 0.318. The molecule has 0 bridgehead atoms. The number of anilines is 2. The molecular formula is C22H23F2N3O3S. The van der Waals surface area contributed by atoms with Crippen molar-refractivity contribution in [2.24, 2.45) is 5.92 Å². The zero-order valence-electron chi connectivity index (χ0n) is 17.2. The number of likely N-dealkylation sites (N-methyl/N-ethyl adjacent to an activating group) is 1. The van der Waals surface area contributed by atoms with E-state index in [9.17, 15) is 23.2 Å². The van der Waals surface area contributed by atoms with Gasteiger partial charge in [0.15, 0.2) is 0 Å². The summed E-state index contributed by atoms with van der Waals surface area (Å²) in [6, 6.07) is 10.8. The molecule has 1 unspecified atom stereocenters. The SMILES string of the molecule is CCN(CC(=O)Nc1c(F)cccc1F)C(=O)C1CC(=O)N(c2cccc(SC)c2)C1. The first-order chi connectivity index (χ1) is 14.8. The van der Waals surface area contributed by atoms with Crippen LogP contribution in [0.15, 0.2) is 47.4 Å². The molecule has 0 spiro atoms. The van der Waals surface area contributed by atoms with Gasteiger partial charge >= 0.3 is 0 Å². The van der Waals surface area contributed by atoms with Crippen molar-refractivity contribution in [3.8, 4) is 0 Å². The number of rotatable bonds is 7. The quantitative estimate of drug-likeness (QED) is 0.660. The van der Waals surface area contributed by atoms with E-state index in [0.717, 1.165) is 22.7 Å². The van der Waals surface area contributed by atoms with Gasteiger partial charge in [-0.05, 0) is 43.5 Å². The van der Waals surface area contributed by atoms with Gasteiger partial charge in [0.1, 0.15) is 17.3 Å². The number of para-hydroxylation sites is 1. The van der Waals surface area contributed by atoms with Crippen molar-refractivity contribution in [2.45, 2.75) is 18.2 Å². The Morgan fingerprint density at radius 1 is 1.19 bits per heavy atom. The van der Waals surface area contributed by atoms with Gasteiger partial charge in [0.2, 0.25) is 17.7 Å². The minimum absolute atomic E-state index is 0.0440. The number of thioether (sulfide) groups is 1. The Kier molecular flexibility index (Phi) is 7.27. The maximum atomic E-state index is 13.8. The number of halogens is 2. The topological polar surface area (TPSA) is 69.7 Å². The molecule has 31 heavy (non-hydrogen) atoms. The molecule has 164 valence electrons. The number of nitrogens with zero attached hydrogens (tertiary/aromatic N) is 2. The van der Waals surface area contributed by atoms with Gasteiger partial charge in [-0.25, -0.2) is 8.78 Å². The summed E-state index contributed by atoms with van der Waals surface area (Å²) in [5.41, 5.74) is 0.176. The Morgan fingerprint density at radius 2 is 1.87 bits per heavy atom. The van der Waals surface area contributed by atoms with Crippen molar-refractivity contribution < 1.29 is 23.2 Å². The van der Waals surface area contributed by atoms with Crippen molar-refractivity contribution in [3.05, 3.63) is 54.1 Å². The maximum absolute atomic E-state index is 13.8. The highest BCUT2D eigenvalue weighted by atomic mass is 32.2. The van der Waals surface area contributed by atoms with Crippen LogP contribution in [0.5, 0.6) is 0 Å². The third kappa shape index (κ3) is 5.22. The highest BCUT2D eigenvalue weighted by Gasteiger charge is 2.37. The molecule has 3 amide bonds. The summed E-state index contributed by atoms with van der Waals surface area (Å²) in [4.78, 5) is 41.7. The van der Waals surface area contributed by atoms with Crippen molar-refractivity contribution in [3.63, 3.8) is 0 Å². The zero-order chi connectivity index (χ0) is 22.5. The third-order valence-electron chi connectivity index (χ3n) is 5.09. The molecule has 1 heterocycles. The van der Waals surface area contributed by atoms with E-state index in [-0.39, 0.29) is 37.9 Å². The summed E-state index contributed by atoms with van der Waals surface area (Å²) >= 11 is 1.56. The summed E-state index contributed by atoms with van der Waals surface area (Å²) in [6.45, 7) is 1.77. The molecule has 0 aromatic heterocycles. The molecule has 2 aromatic carbocycles. The average molecular weight is 448 g/mol. The molecule has 0 radical (unpaired) electrons. The lowest BCUT2D eigenvalue weighted by Crippen LogP contribution is -2.42. The maximum Gasteiger partial charge on any atom is 0.244 e. The first-order valence-corrected chi connectivity index (χ1v) is 11.0.